The molecule has 6 heteroatoms. The van der Waals surface area contributed by atoms with Gasteiger partial charge in [-0.15, -0.1) is 0 Å². The number of esters is 3. The van der Waals surface area contributed by atoms with E-state index in [0.29, 0.717) is 19.3 Å². The van der Waals surface area contributed by atoms with Crippen LogP contribution in [0.15, 0.2) is 85.1 Å². The molecule has 67 heavy (non-hydrogen) atoms. The number of carbonyl (C=O) groups excluding carboxylic acids is 3. The molecule has 0 heterocycles. The van der Waals surface area contributed by atoms with E-state index in [2.05, 4.69) is 106 Å². The van der Waals surface area contributed by atoms with Crippen molar-refractivity contribution in [3.05, 3.63) is 85.1 Å². The third kappa shape index (κ3) is 53.4. The lowest BCUT2D eigenvalue weighted by atomic mass is 10.1. The number of unbranched alkanes of at least 4 members (excludes halogenated alkanes) is 25. The molecule has 0 aliphatic rings. The standard InChI is InChI=1S/C61H104O6/c1-4-7-10-13-16-19-21-23-25-26-27-28-29-30-31-32-33-34-36-37-39-42-45-48-51-54-60(63)66-57-58(56-65-59(62)53-50-47-44-41-18-15-12-9-6-3)67-61(64)55-52-49-46-43-40-38-35-24-22-20-17-14-11-8-5-2/h8,11,17,20-21,23-24,26-27,29-30,35,40,43,58H,4-7,9-10,12-16,18-19,22,25,28,31-34,36-39,41-42,44-57H2,1-3H3/b11-8-,20-17-,23-21-,27-26-,30-29-,35-24-,43-40-. The van der Waals surface area contributed by atoms with Crippen LogP contribution in [-0.2, 0) is 28.6 Å². The fraction of sp³-hybridized carbons (Fsp3) is 0.721. The fourth-order valence-electron chi connectivity index (χ4n) is 7.68. The van der Waals surface area contributed by atoms with Crippen LogP contribution in [-0.4, -0.2) is 37.2 Å². The molecule has 0 aromatic carbocycles. The Balaban J connectivity index is 4.28. The summed E-state index contributed by atoms with van der Waals surface area (Å²) in [5, 5.41) is 0. The fourth-order valence-corrected chi connectivity index (χ4v) is 7.68. The first-order chi connectivity index (χ1) is 33.0. The van der Waals surface area contributed by atoms with E-state index >= 15 is 0 Å². The average molecular weight is 933 g/mol. The van der Waals surface area contributed by atoms with Crippen LogP contribution in [0.4, 0.5) is 0 Å². The van der Waals surface area contributed by atoms with Crippen LogP contribution in [0, 0.1) is 0 Å². The molecule has 0 aromatic heterocycles. The first-order valence-electron chi connectivity index (χ1n) is 28.1. The summed E-state index contributed by atoms with van der Waals surface area (Å²) in [6.45, 7) is 6.46. The minimum absolute atomic E-state index is 0.0933. The summed E-state index contributed by atoms with van der Waals surface area (Å²) < 4.78 is 16.8. The minimum Gasteiger partial charge on any atom is -0.462 e. The third-order valence-electron chi connectivity index (χ3n) is 11.9. The van der Waals surface area contributed by atoms with Crippen molar-refractivity contribution in [2.45, 2.75) is 271 Å². The van der Waals surface area contributed by atoms with E-state index in [4.69, 9.17) is 14.2 Å². The highest BCUT2D eigenvalue weighted by Crippen LogP contribution is 2.15. The second-order valence-electron chi connectivity index (χ2n) is 18.5. The Morgan fingerprint density at radius 3 is 0.940 bits per heavy atom. The van der Waals surface area contributed by atoms with Crippen molar-refractivity contribution in [2.75, 3.05) is 13.2 Å². The smallest absolute Gasteiger partial charge is 0.306 e. The molecular formula is C61H104O6. The highest BCUT2D eigenvalue weighted by Gasteiger charge is 2.19. The van der Waals surface area contributed by atoms with Gasteiger partial charge in [0.2, 0.25) is 0 Å². The second kappa shape index (κ2) is 55.2. The molecule has 384 valence electrons. The summed E-state index contributed by atoms with van der Waals surface area (Å²) in [6.07, 6.45) is 71.6. The highest BCUT2D eigenvalue weighted by atomic mass is 16.6. The summed E-state index contributed by atoms with van der Waals surface area (Å²) in [7, 11) is 0. The number of carbonyl (C=O) groups is 3. The molecule has 0 rings (SSSR count). The third-order valence-corrected chi connectivity index (χ3v) is 11.9. The summed E-state index contributed by atoms with van der Waals surface area (Å²) in [4.78, 5) is 38.0. The van der Waals surface area contributed by atoms with Crippen molar-refractivity contribution in [1.29, 1.82) is 0 Å². The Hall–Kier alpha value is -3.41. The lowest BCUT2D eigenvalue weighted by Gasteiger charge is -2.18. The predicted molar refractivity (Wildman–Crippen MR) is 288 cm³/mol. The first kappa shape index (κ1) is 63.6. The van der Waals surface area contributed by atoms with Crippen LogP contribution in [0.1, 0.15) is 265 Å². The monoisotopic (exact) mass is 933 g/mol. The zero-order valence-corrected chi connectivity index (χ0v) is 43.9. The van der Waals surface area contributed by atoms with Crippen molar-refractivity contribution in [3.8, 4) is 0 Å². The molecule has 0 fully saturated rings. The van der Waals surface area contributed by atoms with E-state index in [-0.39, 0.29) is 37.5 Å². The predicted octanol–water partition coefficient (Wildman–Crippen LogP) is 18.8. The summed E-state index contributed by atoms with van der Waals surface area (Å²) >= 11 is 0. The van der Waals surface area contributed by atoms with Gasteiger partial charge in [-0.3, -0.25) is 14.4 Å². The molecule has 0 aliphatic heterocycles. The van der Waals surface area contributed by atoms with Crippen LogP contribution in [0.5, 0.6) is 0 Å². The Bertz CT molecular complexity index is 1300. The molecule has 0 radical (unpaired) electrons. The molecule has 0 spiro atoms. The normalized spacial score (nSPS) is 12.7. The topological polar surface area (TPSA) is 78.9 Å². The van der Waals surface area contributed by atoms with Gasteiger partial charge < -0.3 is 14.2 Å². The summed E-state index contributed by atoms with van der Waals surface area (Å²) in [5.74, 6) is -0.940. The van der Waals surface area contributed by atoms with Gasteiger partial charge in [0.15, 0.2) is 6.10 Å². The van der Waals surface area contributed by atoms with E-state index < -0.39 is 6.10 Å². The maximum absolute atomic E-state index is 12.8. The van der Waals surface area contributed by atoms with E-state index in [1.54, 1.807) is 0 Å². The lowest BCUT2D eigenvalue weighted by Crippen LogP contribution is -2.30. The largest absolute Gasteiger partial charge is 0.462 e. The molecular weight excluding hydrogens is 829 g/mol. The maximum Gasteiger partial charge on any atom is 0.306 e. The second-order valence-corrected chi connectivity index (χ2v) is 18.5. The summed E-state index contributed by atoms with van der Waals surface area (Å²) in [5.41, 5.74) is 0. The van der Waals surface area contributed by atoms with Crippen molar-refractivity contribution < 1.29 is 28.6 Å². The van der Waals surface area contributed by atoms with Crippen molar-refractivity contribution >= 4 is 17.9 Å². The summed E-state index contributed by atoms with van der Waals surface area (Å²) in [6, 6.07) is 0. The number of hydrogen-bond donors (Lipinski definition) is 0. The van der Waals surface area contributed by atoms with Crippen LogP contribution < -0.4 is 0 Å². The van der Waals surface area contributed by atoms with Crippen molar-refractivity contribution in [3.63, 3.8) is 0 Å². The number of hydrogen-bond acceptors (Lipinski definition) is 6. The van der Waals surface area contributed by atoms with Gasteiger partial charge in [0, 0.05) is 19.3 Å². The average Bonchev–Trinajstić information content (AvgIpc) is 3.33. The SMILES string of the molecule is CC/C=C\C/C=C\C/C=C\C/C=C\CCCCC(=O)OC(COC(=O)CCCCCCCCCCC)COC(=O)CCCCCCCCCCCC/C=C\C/C=C\C/C=C\CCCCCCC. The Morgan fingerprint density at radius 1 is 0.313 bits per heavy atom. The number of ether oxygens (including phenoxy) is 3. The van der Waals surface area contributed by atoms with Crippen molar-refractivity contribution in [2.24, 2.45) is 0 Å². The van der Waals surface area contributed by atoms with E-state index in [1.807, 2.05) is 0 Å². The lowest BCUT2D eigenvalue weighted by molar-refractivity contribution is -0.167. The van der Waals surface area contributed by atoms with Gasteiger partial charge in [0.25, 0.3) is 0 Å². The van der Waals surface area contributed by atoms with Crippen LogP contribution >= 0.6 is 0 Å². The van der Waals surface area contributed by atoms with Gasteiger partial charge in [-0.05, 0) is 96.3 Å². The molecule has 0 N–H and O–H groups in total. The molecule has 0 amide bonds. The molecule has 0 aliphatic carbocycles. The van der Waals surface area contributed by atoms with Gasteiger partial charge >= 0.3 is 17.9 Å². The quantitative estimate of drug-likeness (QED) is 0.0262. The van der Waals surface area contributed by atoms with Gasteiger partial charge in [-0.1, -0.05) is 234 Å². The van der Waals surface area contributed by atoms with Crippen LogP contribution in [0.2, 0.25) is 0 Å². The Kier molecular flexibility index (Phi) is 52.4. The number of rotatable bonds is 50. The van der Waals surface area contributed by atoms with E-state index in [9.17, 15) is 14.4 Å². The molecule has 1 atom stereocenters. The van der Waals surface area contributed by atoms with E-state index in [1.165, 1.54) is 128 Å². The number of allylic oxidation sites excluding steroid dienone is 14. The molecule has 0 saturated carbocycles. The molecule has 0 aromatic rings. The van der Waals surface area contributed by atoms with E-state index in [0.717, 1.165) is 89.9 Å². The maximum atomic E-state index is 12.8. The molecule has 1 unspecified atom stereocenters. The van der Waals surface area contributed by atoms with Crippen molar-refractivity contribution in [1.82, 2.24) is 0 Å². The van der Waals surface area contributed by atoms with Gasteiger partial charge in [0.05, 0.1) is 0 Å². The first-order valence-corrected chi connectivity index (χ1v) is 28.1. The molecule has 0 saturated heterocycles. The minimum atomic E-state index is -0.797. The zero-order chi connectivity index (χ0) is 48.6. The molecule has 0 bridgehead atoms. The van der Waals surface area contributed by atoms with Gasteiger partial charge in [-0.25, -0.2) is 0 Å². The van der Waals surface area contributed by atoms with Gasteiger partial charge in [0.1, 0.15) is 13.2 Å². The molecule has 6 nitrogen and oxygen atoms in total. The Labute approximate surface area is 414 Å². The van der Waals surface area contributed by atoms with Crippen LogP contribution in [0.3, 0.4) is 0 Å². The van der Waals surface area contributed by atoms with Gasteiger partial charge in [-0.2, -0.15) is 0 Å². The Morgan fingerprint density at radius 2 is 0.582 bits per heavy atom. The van der Waals surface area contributed by atoms with Crippen LogP contribution in [0.25, 0.3) is 0 Å². The zero-order valence-electron chi connectivity index (χ0n) is 43.9. The highest BCUT2D eigenvalue weighted by molar-refractivity contribution is 5.71.